The highest BCUT2D eigenvalue weighted by Gasteiger charge is 2.40. The van der Waals surface area contributed by atoms with E-state index in [2.05, 4.69) is 26.6 Å². The predicted molar refractivity (Wildman–Crippen MR) is 190 cm³/mol. The van der Waals surface area contributed by atoms with Gasteiger partial charge >= 0.3 is 11.9 Å². The third-order valence-electron chi connectivity index (χ3n) is 8.80. The fraction of sp³-hybridized carbons (Fsp3) is 0.735. The van der Waals surface area contributed by atoms with E-state index in [4.69, 9.17) is 11.5 Å². The highest BCUT2D eigenvalue weighted by molar-refractivity contribution is 5.98. The average Bonchev–Trinajstić information content (AvgIpc) is 3.54. The molecule has 0 aromatic heterocycles. The molecule has 19 nitrogen and oxygen atoms in total. The first kappa shape index (κ1) is 46.2. The lowest BCUT2D eigenvalue weighted by Crippen LogP contribution is -2.59. The minimum Gasteiger partial charge on any atom is -0.481 e. The fourth-order valence-electron chi connectivity index (χ4n) is 5.77. The van der Waals surface area contributed by atoms with E-state index < -0.39 is 114 Å². The van der Waals surface area contributed by atoms with Crippen LogP contribution in [0, 0.1) is 17.8 Å². The number of nitrogens with one attached hydrogen (secondary N) is 5. The van der Waals surface area contributed by atoms with Gasteiger partial charge in [-0.2, -0.15) is 0 Å². The van der Waals surface area contributed by atoms with Gasteiger partial charge in [-0.3, -0.25) is 38.4 Å². The predicted octanol–water partition coefficient (Wildman–Crippen LogP) is -1.68. The first-order valence-corrected chi connectivity index (χ1v) is 17.9. The van der Waals surface area contributed by atoms with Crippen LogP contribution in [0.25, 0.3) is 0 Å². The first-order chi connectivity index (χ1) is 24.6. The van der Waals surface area contributed by atoms with Crippen molar-refractivity contribution < 1.29 is 53.4 Å². The Bertz CT molecular complexity index is 1360. The van der Waals surface area contributed by atoms with Crippen LogP contribution >= 0.6 is 0 Å². The molecule has 0 aromatic rings. The van der Waals surface area contributed by atoms with E-state index in [1.807, 2.05) is 13.8 Å². The molecule has 11 N–H and O–H groups in total. The van der Waals surface area contributed by atoms with Crippen molar-refractivity contribution in [1.82, 2.24) is 31.5 Å². The topological polar surface area (TPSA) is 310 Å². The molecule has 7 amide bonds. The zero-order valence-electron chi connectivity index (χ0n) is 31.6. The zero-order chi connectivity index (χ0) is 40.7. The molecule has 0 aromatic carbocycles. The maximum atomic E-state index is 13.5. The number of carbonyl (C=O) groups excluding carboxylic acids is 7. The van der Waals surface area contributed by atoms with Crippen molar-refractivity contribution in [2.75, 3.05) is 6.54 Å². The molecule has 1 rings (SSSR count). The quantitative estimate of drug-likeness (QED) is 0.0599. The Morgan fingerprint density at radius 2 is 1.26 bits per heavy atom. The number of aliphatic carboxylic acids is 2. The Balaban J connectivity index is 3.09. The van der Waals surface area contributed by atoms with Gasteiger partial charge < -0.3 is 53.2 Å². The molecule has 0 aliphatic carbocycles. The Kier molecular flexibility index (Phi) is 18.9. The molecule has 1 heterocycles. The number of hydrogen-bond acceptors (Lipinski definition) is 10. The fourth-order valence-corrected chi connectivity index (χ4v) is 5.77. The van der Waals surface area contributed by atoms with Crippen LogP contribution in [0.1, 0.15) is 93.4 Å². The van der Waals surface area contributed by atoms with Gasteiger partial charge in [0, 0.05) is 6.54 Å². The summed E-state index contributed by atoms with van der Waals surface area (Å²) in [6.07, 6.45) is -0.0629. The standard InChI is InChI=1S/C34H58N8O11/c1-8-18(6)27(34(52)53)41-31(49)22(14-25(36)43)39-30(48)21(13-17(4)5)38-28(46)19(7)37-32(50)24-10-9-11-42(24)33(51)23(15-26(44)45)40-29(47)20(35)12-16(2)3/h16-24,27H,8-15,35H2,1-7H3,(H2,36,43)(H,37,50)(H,38,46)(H,39,48)(H,40,47)(H,41,49)(H,44,45)(H,52,53). The Hall–Kier alpha value is -4.81. The van der Waals surface area contributed by atoms with E-state index in [-0.39, 0.29) is 31.2 Å². The van der Waals surface area contributed by atoms with Crippen LogP contribution in [0.3, 0.4) is 0 Å². The molecule has 0 bridgehead atoms. The van der Waals surface area contributed by atoms with E-state index in [1.54, 1.807) is 27.7 Å². The van der Waals surface area contributed by atoms with Crippen LogP contribution in [-0.2, 0) is 43.2 Å². The number of nitrogens with two attached hydrogens (primary N) is 2. The lowest BCUT2D eigenvalue weighted by molar-refractivity contribution is -0.146. The largest absolute Gasteiger partial charge is 0.481 e. The molecule has 8 atom stereocenters. The van der Waals surface area contributed by atoms with Gasteiger partial charge in [-0.05, 0) is 50.4 Å². The van der Waals surface area contributed by atoms with Crippen LogP contribution < -0.4 is 38.1 Å². The van der Waals surface area contributed by atoms with Crippen LogP contribution in [-0.4, -0.2) is 117 Å². The van der Waals surface area contributed by atoms with E-state index in [9.17, 15) is 53.4 Å². The Labute approximate surface area is 309 Å². The van der Waals surface area contributed by atoms with Gasteiger partial charge in [-0.25, -0.2) is 4.79 Å². The van der Waals surface area contributed by atoms with Crippen molar-refractivity contribution in [2.45, 2.75) is 136 Å². The molecule has 1 saturated heterocycles. The number of primary amides is 1. The summed E-state index contributed by atoms with van der Waals surface area (Å²) in [5.41, 5.74) is 11.2. The number of amides is 7. The number of rotatable bonds is 22. The lowest BCUT2D eigenvalue weighted by Gasteiger charge is -2.30. The van der Waals surface area contributed by atoms with Crippen molar-refractivity contribution in [3.05, 3.63) is 0 Å². The van der Waals surface area contributed by atoms with Crippen molar-refractivity contribution in [3.63, 3.8) is 0 Å². The second-order valence-electron chi connectivity index (χ2n) is 14.4. The molecular formula is C34H58N8O11. The molecule has 300 valence electrons. The summed E-state index contributed by atoms with van der Waals surface area (Å²) < 4.78 is 0. The first-order valence-electron chi connectivity index (χ1n) is 17.9. The van der Waals surface area contributed by atoms with Crippen molar-refractivity contribution >= 4 is 53.3 Å². The third-order valence-corrected chi connectivity index (χ3v) is 8.80. The molecule has 8 unspecified atom stereocenters. The second kappa shape index (κ2) is 21.7. The molecule has 1 aliphatic rings. The van der Waals surface area contributed by atoms with Gasteiger partial charge in [0.2, 0.25) is 41.4 Å². The van der Waals surface area contributed by atoms with Crippen LogP contribution in [0.5, 0.6) is 0 Å². The van der Waals surface area contributed by atoms with Gasteiger partial charge in [0.25, 0.3) is 0 Å². The van der Waals surface area contributed by atoms with Crippen LogP contribution in [0.15, 0.2) is 0 Å². The number of carbonyl (C=O) groups is 9. The highest BCUT2D eigenvalue weighted by atomic mass is 16.4. The molecule has 53 heavy (non-hydrogen) atoms. The van der Waals surface area contributed by atoms with Crippen LogP contribution in [0.4, 0.5) is 0 Å². The lowest BCUT2D eigenvalue weighted by atomic mass is 9.98. The number of hydrogen-bond donors (Lipinski definition) is 9. The summed E-state index contributed by atoms with van der Waals surface area (Å²) in [6.45, 7) is 12.0. The highest BCUT2D eigenvalue weighted by Crippen LogP contribution is 2.20. The summed E-state index contributed by atoms with van der Waals surface area (Å²) in [4.78, 5) is 116. The third kappa shape index (κ3) is 15.4. The Morgan fingerprint density at radius 1 is 0.717 bits per heavy atom. The molecule has 1 fully saturated rings. The van der Waals surface area contributed by atoms with Gasteiger partial charge in [0.15, 0.2) is 0 Å². The van der Waals surface area contributed by atoms with E-state index in [0.29, 0.717) is 19.3 Å². The van der Waals surface area contributed by atoms with Gasteiger partial charge in [0.1, 0.15) is 36.3 Å². The minimum absolute atomic E-state index is 0.0587. The van der Waals surface area contributed by atoms with E-state index >= 15 is 0 Å². The van der Waals surface area contributed by atoms with Crippen molar-refractivity contribution in [1.29, 1.82) is 0 Å². The molecule has 0 radical (unpaired) electrons. The Morgan fingerprint density at radius 3 is 1.77 bits per heavy atom. The summed E-state index contributed by atoms with van der Waals surface area (Å²) in [5.74, 6) is -9.07. The molecule has 0 saturated carbocycles. The molecule has 0 spiro atoms. The smallest absolute Gasteiger partial charge is 0.326 e. The number of likely N-dealkylation sites (tertiary alicyclic amines) is 1. The summed E-state index contributed by atoms with van der Waals surface area (Å²) in [6, 6.07) is -8.94. The van der Waals surface area contributed by atoms with Gasteiger partial charge in [-0.15, -0.1) is 0 Å². The normalized spacial score (nSPS) is 18.1. The second-order valence-corrected chi connectivity index (χ2v) is 14.4. The number of nitrogens with zero attached hydrogens (tertiary/aromatic N) is 1. The number of carboxylic acid groups (broad SMARTS) is 2. The summed E-state index contributed by atoms with van der Waals surface area (Å²) in [5, 5.41) is 31.2. The van der Waals surface area contributed by atoms with E-state index in [0.717, 1.165) is 4.90 Å². The average molecular weight is 755 g/mol. The van der Waals surface area contributed by atoms with Crippen molar-refractivity contribution in [3.8, 4) is 0 Å². The summed E-state index contributed by atoms with van der Waals surface area (Å²) in [7, 11) is 0. The van der Waals surface area contributed by atoms with Crippen molar-refractivity contribution in [2.24, 2.45) is 29.2 Å². The summed E-state index contributed by atoms with van der Waals surface area (Å²) >= 11 is 0. The number of carboxylic acids is 2. The maximum absolute atomic E-state index is 13.5. The monoisotopic (exact) mass is 754 g/mol. The minimum atomic E-state index is -1.55. The van der Waals surface area contributed by atoms with E-state index in [1.165, 1.54) is 6.92 Å². The van der Waals surface area contributed by atoms with Gasteiger partial charge in [-0.1, -0.05) is 48.0 Å². The zero-order valence-corrected chi connectivity index (χ0v) is 31.6. The van der Waals surface area contributed by atoms with Gasteiger partial charge in [0.05, 0.1) is 18.9 Å². The SMILES string of the molecule is CCC(C)C(NC(=O)C(CC(N)=O)NC(=O)C(CC(C)C)NC(=O)C(C)NC(=O)C1CCCN1C(=O)C(CC(=O)O)NC(=O)C(N)CC(C)C)C(=O)O. The van der Waals surface area contributed by atoms with Crippen LogP contribution in [0.2, 0.25) is 0 Å². The molecular weight excluding hydrogens is 696 g/mol. The maximum Gasteiger partial charge on any atom is 0.326 e. The molecule has 19 heteroatoms. The molecule has 1 aliphatic heterocycles.